The Morgan fingerprint density at radius 1 is 1.43 bits per heavy atom. The van der Waals surface area contributed by atoms with Gasteiger partial charge in [-0.2, -0.15) is 4.98 Å². The average Bonchev–Trinajstić information content (AvgIpc) is 3.05. The first-order chi connectivity index (χ1) is 11.0. The van der Waals surface area contributed by atoms with Gasteiger partial charge >= 0.3 is 0 Å². The molecular formula is C15H17FN6O. The molecule has 23 heavy (non-hydrogen) atoms. The lowest BCUT2D eigenvalue weighted by Crippen LogP contribution is -2.27. The molecule has 1 aromatic carbocycles. The molecule has 0 radical (unpaired) electrons. The van der Waals surface area contributed by atoms with E-state index in [0.717, 1.165) is 16.6 Å². The number of H-pyrrole nitrogens is 2. The van der Waals surface area contributed by atoms with Crippen LogP contribution in [0.2, 0.25) is 0 Å². The maximum Gasteiger partial charge on any atom is 0.239 e. The van der Waals surface area contributed by atoms with Crippen LogP contribution in [0.25, 0.3) is 10.9 Å². The number of aromatic amines is 2. The largest absolute Gasteiger partial charge is 0.367 e. The minimum atomic E-state index is -0.319. The smallest absolute Gasteiger partial charge is 0.239 e. The zero-order chi connectivity index (χ0) is 16.4. The Kier molecular flexibility index (Phi) is 3.96. The maximum absolute atomic E-state index is 13.8. The molecule has 7 nitrogen and oxygen atoms in total. The molecule has 0 atom stereocenters. The van der Waals surface area contributed by atoms with Crippen molar-refractivity contribution in [2.45, 2.75) is 19.8 Å². The van der Waals surface area contributed by atoms with Crippen molar-refractivity contribution in [3.05, 3.63) is 41.1 Å². The molecule has 0 aliphatic rings. The Bertz CT molecular complexity index is 853. The first-order valence-electron chi connectivity index (χ1n) is 7.23. The molecule has 0 unspecified atom stereocenters. The zero-order valence-electron chi connectivity index (χ0n) is 12.6. The fraction of sp³-hybridized carbons (Fsp3) is 0.267. The minimum Gasteiger partial charge on any atom is -0.367 e. The van der Waals surface area contributed by atoms with E-state index in [2.05, 4.69) is 25.5 Å². The van der Waals surface area contributed by atoms with E-state index in [-0.39, 0.29) is 24.1 Å². The number of nitrogen functional groups attached to an aromatic ring is 1. The summed E-state index contributed by atoms with van der Waals surface area (Å²) in [5.74, 6) is 0.349. The number of carbonyl (C=O) groups excluding carboxylic acids is 1. The van der Waals surface area contributed by atoms with E-state index in [1.807, 2.05) is 13.0 Å². The second kappa shape index (κ2) is 6.07. The van der Waals surface area contributed by atoms with E-state index in [1.165, 1.54) is 6.07 Å². The van der Waals surface area contributed by atoms with Crippen LogP contribution in [0.3, 0.4) is 0 Å². The number of anilines is 1. The van der Waals surface area contributed by atoms with Crippen LogP contribution in [0.5, 0.6) is 0 Å². The number of benzene rings is 1. The number of rotatable bonds is 5. The molecule has 0 saturated carbocycles. The molecule has 1 amide bonds. The van der Waals surface area contributed by atoms with Gasteiger partial charge in [0.15, 0.2) is 0 Å². The van der Waals surface area contributed by atoms with E-state index in [9.17, 15) is 9.18 Å². The summed E-state index contributed by atoms with van der Waals surface area (Å²) in [6.07, 6.45) is 0.700. The number of carbonyl (C=O) groups is 1. The lowest BCUT2D eigenvalue weighted by Gasteiger charge is -2.04. The van der Waals surface area contributed by atoms with E-state index >= 15 is 0 Å². The number of aryl methyl sites for hydroxylation is 1. The van der Waals surface area contributed by atoms with Crippen molar-refractivity contribution in [2.24, 2.45) is 0 Å². The molecule has 0 spiro atoms. The Morgan fingerprint density at radius 2 is 2.26 bits per heavy atom. The van der Waals surface area contributed by atoms with Crippen molar-refractivity contribution >= 4 is 22.8 Å². The van der Waals surface area contributed by atoms with Crippen molar-refractivity contribution in [2.75, 3.05) is 12.3 Å². The topological polar surface area (TPSA) is 112 Å². The Morgan fingerprint density at radius 3 is 3.00 bits per heavy atom. The normalized spacial score (nSPS) is 11.0. The molecule has 0 fully saturated rings. The summed E-state index contributed by atoms with van der Waals surface area (Å²) in [5.41, 5.74) is 7.44. The van der Waals surface area contributed by atoms with Gasteiger partial charge in [-0.1, -0.05) is 12.1 Å². The summed E-state index contributed by atoms with van der Waals surface area (Å²) in [6, 6.07) is 4.84. The third-order valence-electron chi connectivity index (χ3n) is 3.67. The number of nitrogens with zero attached hydrogens (tertiary/aromatic N) is 2. The number of amides is 1. The van der Waals surface area contributed by atoms with Crippen LogP contribution in [0, 0.1) is 12.7 Å². The Hall–Kier alpha value is -2.90. The van der Waals surface area contributed by atoms with Gasteiger partial charge in [-0.3, -0.25) is 9.89 Å². The molecule has 0 saturated heterocycles. The van der Waals surface area contributed by atoms with Crippen LogP contribution in [-0.4, -0.2) is 32.6 Å². The van der Waals surface area contributed by atoms with Crippen LogP contribution in [0.1, 0.15) is 17.1 Å². The lowest BCUT2D eigenvalue weighted by atomic mass is 10.1. The minimum absolute atomic E-state index is 0.134. The van der Waals surface area contributed by atoms with Gasteiger partial charge in [0.1, 0.15) is 11.6 Å². The average molecular weight is 316 g/mol. The Balaban J connectivity index is 1.64. The van der Waals surface area contributed by atoms with Crippen molar-refractivity contribution in [3.63, 3.8) is 0 Å². The molecule has 120 valence electrons. The van der Waals surface area contributed by atoms with E-state index in [0.29, 0.717) is 24.3 Å². The van der Waals surface area contributed by atoms with Crippen molar-refractivity contribution in [1.82, 2.24) is 25.5 Å². The van der Waals surface area contributed by atoms with Gasteiger partial charge in [-0.15, -0.1) is 5.10 Å². The molecule has 3 rings (SSSR count). The van der Waals surface area contributed by atoms with Gasteiger partial charge < -0.3 is 16.0 Å². The molecular weight excluding hydrogens is 299 g/mol. The number of fused-ring (bicyclic) bond motifs is 1. The fourth-order valence-electron chi connectivity index (χ4n) is 2.56. The fourth-order valence-corrected chi connectivity index (χ4v) is 2.56. The standard InChI is InChI=1S/C15H17FN6O/c1-8-10(9-3-2-4-11(16)14(9)19-8)7-13(23)18-6-5-12-20-15(17)22-21-12/h2-4,19H,5-7H2,1H3,(H,18,23)(H3,17,20,21,22). The highest BCUT2D eigenvalue weighted by atomic mass is 19.1. The summed E-state index contributed by atoms with van der Waals surface area (Å²) < 4.78 is 13.8. The summed E-state index contributed by atoms with van der Waals surface area (Å²) in [7, 11) is 0. The van der Waals surface area contributed by atoms with Crippen LogP contribution in [0.15, 0.2) is 18.2 Å². The molecule has 0 aliphatic heterocycles. The first kappa shape index (κ1) is 15.0. The van der Waals surface area contributed by atoms with E-state index < -0.39 is 0 Å². The van der Waals surface area contributed by atoms with Crippen LogP contribution in [-0.2, 0) is 17.6 Å². The number of nitrogens with one attached hydrogen (secondary N) is 3. The quantitative estimate of drug-likeness (QED) is 0.567. The van der Waals surface area contributed by atoms with Gasteiger partial charge in [0.2, 0.25) is 11.9 Å². The summed E-state index contributed by atoms with van der Waals surface area (Å²) in [6.45, 7) is 2.25. The van der Waals surface area contributed by atoms with E-state index in [4.69, 9.17) is 5.73 Å². The van der Waals surface area contributed by atoms with Crippen molar-refractivity contribution < 1.29 is 9.18 Å². The van der Waals surface area contributed by atoms with Crippen LogP contribution >= 0.6 is 0 Å². The molecule has 0 bridgehead atoms. The number of hydrogen-bond acceptors (Lipinski definition) is 4. The number of halogens is 1. The highest BCUT2D eigenvalue weighted by molar-refractivity contribution is 5.90. The van der Waals surface area contributed by atoms with Gasteiger partial charge in [0.05, 0.1) is 11.9 Å². The van der Waals surface area contributed by atoms with Crippen LogP contribution < -0.4 is 11.1 Å². The molecule has 5 N–H and O–H groups in total. The second-order valence-corrected chi connectivity index (χ2v) is 5.31. The number of para-hydroxylation sites is 1. The van der Waals surface area contributed by atoms with Crippen molar-refractivity contribution in [3.8, 4) is 0 Å². The molecule has 2 aromatic heterocycles. The molecule has 0 aliphatic carbocycles. The van der Waals surface area contributed by atoms with Gasteiger partial charge in [0.25, 0.3) is 0 Å². The zero-order valence-corrected chi connectivity index (χ0v) is 12.6. The molecule has 3 aromatic rings. The predicted molar refractivity (Wildman–Crippen MR) is 84.2 cm³/mol. The lowest BCUT2D eigenvalue weighted by molar-refractivity contribution is -0.120. The third kappa shape index (κ3) is 3.15. The summed E-state index contributed by atoms with van der Waals surface area (Å²) in [4.78, 5) is 19.1. The number of aromatic nitrogens is 4. The highest BCUT2D eigenvalue weighted by Crippen LogP contribution is 2.24. The number of hydrogen-bond donors (Lipinski definition) is 4. The molecule has 8 heteroatoms. The Labute approximate surface area is 131 Å². The maximum atomic E-state index is 13.8. The summed E-state index contributed by atoms with van der Waals surface area (Å²) >= 11 is 0. The highest BCUT2D eigenvalue weighted by Gasteiger charge is 2.14. The number of nitrogens with two attached hydrogens (primary N) is 1. The van der Waals surface area contributed by atoms with E-state index in [1.54, 1.807) is 6.07 Å². The van der Waals surface area contributed by atoms with Gasteiger partial charge in [-0.05, 0) is 18.6 Å². The predicted octanol–water partition coefficient (Wildman–Crippen LogP) is 1.22. The second-order valence-electron chi connectivity index (χ2n) is 5.31. The SMILES string of the molecule is Cc1[nH]c2c(F)cccc2c1CC(=O)NCCc1nc(N)n[nH]1. The molecule has 2 heterocycles. The van der Waals surface area contributed by atoms with Gasteiger partial charge in [0, 0.05) is 24.0 Å². The van der Waals surface area contributed by atoms with Gasteiger partial charge in [-0.25, -0.2) is 4.39 Å². The monoisotopic (exact) mass is 316 g/mol. The first-order valence-corrected chi connectivity index (χ1v) is 7.23. The third-order valence-corrected chi connectivity index (χ3v) is 3.67. The summed E-state index contributed by atoms with van der Waals surface area (Å²) in [5, 5.41) is 9.95. The van der Waals surface area contributed by atoms with Crippen LogP contribution in [0.4, 0.5) is 10.3 Å². The van der Waals surface area contributed by atoms with Crippen molar-refractivity contribution in [1.29, 1.82) is 0 Å².